The lowest BCUT2D eigenvalue weighted by atomic mass is 10.1. The summed E-state index contributed by atoms with van der Waals surface area (Å²) < 4.78 is 44.4. The lowest BCUT2D eigenvalue weighted by Crippen LogP contribution is -2.35. The lowest BCUT2D eigenvalue weighted by molar-refractivity contribution is -0.137. The van der Waals surface area contributed by atoms with E-state index >= 15 is 0 Å². The van der Waals surface area contributed by atoms with Crippen molar-refractivity contribution in [2.75, 3.05) is 12.3 Å². The summed E-state index contributed by atoms with van der Waals surface area (Å²) in [5, 5.41) is 0. The van der Waals surface area contributed by atoms with Gasteiger partial charge in [0.25, 0.3) is 5.56 Å². The number of hydrogen-bond acceptors (Lipinski definition) is 5. The summed E-state index contributed by atoms with van der Waals surface area (Å²) in [6.07, 6.45) is -3.82. The maximum absolute atomic E-state index is 12.9. The predicted octanol–water partition coefficient (Wildman–Crippen LogP) is 3.19. The van der Waals surface area contributed by atoms with Gasteiger partial charge in [-0.15, -0.1) is 0 Å². The van der Waals surface area contributed by atoms with E-state index in [1.807, 2.05) is 4.90 Å². The van der Waals surface area contributed by atoms with Crippen molar-refractivity contribution in [3.63, 3.8) is 0 Å². The van der Waals surface area contributed by atoms with Crippen LogP contribution in [0.1, 0.15) is 22.6 Å². The third-order valence-electron chi connectivity index (χ3n) is 4.68. The third-order valence-corrected chi connectivity index (χ3v) is 4.68. The Bertz CT molecular complexity index is 1070. The van der Waals surface area contributed by atoms with Crippen molar-refractivity contribution in [2.45, 2.75) is 25.7 Å². The molecule has 28 heavy (non-hydrogen) atoms. The molecule has 1 aromatic carbocycles. The Morgan fingerprint density at radius 1 is 1.25 bits per heavy atom. The fourth-order valence-electron chi connectivity index (χ4n) is 3.32. The SMILES string of the molecule is Nc1nc2c(c(=O)[nH]1)CN(Cc1ccc(-c3cccc(C(F)(F)F)c3)o1)CC2. The molecule has 3 heterocycles. The fourth-order valence-corrected chi connectivity index (χ4v) is 3.32. The molecule has 9 heteroatoms. The second-order valence-corrected chi connectivity index (χ2v) is 6.68. The van der Waals surface area contributed by atoms with Gasteiger partial charge in [0.15, 0.2) is 0 Å². The molecule has 1 aliphatic rings. The molecule has 2 aromatic heterocycles. The van der Waals surface area contributed by atoms with Gasteiger partial charge in [0.2, 0.25) is 5.95 Å². The predicted molar refractivity (Wildman–Crippen MR) is 96.2 cm³/mol. The molecule has 0 spiro atoms. The van der Waals surface area contributed by atoms with Crippen LogP contribution in [0.15, 0.2) is 45.6 Å². The summed E-state index contributed by atoms with van der Waals surface area (Å²) in [4.78, 5) is 20.7. The fraction of sp³-hybridized carbons (Fsp3) is 0.263. The Hall–Kier alpha value is -3.07. The molecule has 4 rings (SSSR count). The molecule has 0 atom stereocenters. The summed E-state index contributed by atoms with van der Waals surface area (Å²) >= 11 is 0. The molecule has 0 unspecified atom stereocenters. The van der Waals surface area contributed by atoms with Crippen LogP contribution in [-0.4, -0.2) is 21.4 Å². The largest absolute Gasteiger partial charge is 0.460 e. The monoisotopic (exact) mass is 390 g/mol. The van der Waals surface area contributed by atoms with Crippen LogP contribution >= 0.6 is 0 Å². The molecular formula is C19H17F3N4O2. The number of rotatable bonds is 3. The smallest absolute Gasteiger partial charge is 0.416 e. The zero-order valence-corrected chi connectivity index (χ0v) is 14.7. The summed E-state index contributed by atoms with van der Waals surface area (Å²) in [5.41, 5.74) is 6.23. The molecule has 6 nitrogen and oxygen atoms in total. The number of aromatic amines is 1. The van der Waals surface area contributed by atoms with Crippen LogP contribution in [0.3, 0.4) is 0 Å². The molecule has 0 aliphatic carbocycles. The van der Waals surface area contributed by atoms with Crippen molar-refractivity contribution >= 4 is 5.95 Å². The Balaban J connectivity index is 1.51. The number of nitrogens with zero attached hydrogens (tertiary/aromatic N) is 2. The van der Waals surface area contributed by atoms with Gasteiger partial charge < -0.3 is 10.2 Å². The first-order valence-corrected chi connectivity index (χ1v) is 8.66. The standard InChI is InChI=1S/C19H17F3N4O2/c20-19(21,22)12-3-1-2-11(8-12)16-5-4-13(28-16)9-26-7-6-15-14(10-26)17(27)25-18(23)24-15/h1-5,8H,6-7,9-10H2,(H3,23,24,25,27). The molecule has 0 saturated heterocycles. The number of nitrogens with one attached hydrogen (secondary N) is 1. The van der Waals surface area contributed by atoms with E-state index in [0.717, 1.165) is 12.1 Å². The number of nitrogen functional groups attached to an aromatic ring is 1. The number of hydrogen-bond donors (Lipinski definition) is 2. The normalized spacial score (nSPS) is 14.8. The van der Waals surface area contributed by atoms with E-state index < -0.39 is 11.7 Å². The average Bonchev–Trinajstić information content (AvgIpc) is 3.10. The van der Waals surface area contributed by atoms with Gasteiger partial charge in [-0.25, -0.2) is 4.98 Å². The number of anilines is 1. The van der Waals surface area contributed by atoms with Gasteiger partial charge in [0.05, 0.1) is 23.4 Å². The molecule has 3 aromatic rings. The van der Waals surface area contributed by atoms with E-state index in [1.165, 1.54) is 6.07 Å². The highest BCUT2D eigenvalue weighted by Gasteiger charge is 2.30. The highest BCUT2D eigenvalue weighted by molar-refractivity contribution is 5.58. The molecule has 1 aliphatic heterocycles. The zero-order valence-electron chi connectivity index (χ0n) is 14.7. The highest BCUT2D eigenvalue weighted by atomic mass is 19.4. The van der Waals surface area contributed by atoms with E-state index in [1.54, 1.807) is 18.2 Å². The number of aromatic nitrogens is 2. The molecule has 0 fully saturated rings. The van der Waals surface area contributed by atoms with Crippen LogP contribution in [0.25, 0.3) is 11.3 Å². The topological polar surface area (TPSA) is 88.1 Å². The van der Waals surface area contributed by atoms with Crippen LogP contribution in [0, 0.1) is 0 Å². The van der Waals surface area contributed by atoms with E-state index in [4.69, 9.17) is 10.2 Å². The zero-order chi connectivity index (χ0) is 19.9. The quantitative estimate of drug-likeness (QED) is 0.717. The van der Waals surface area contributed by atoms with Crippen LogP contribution < -0.4 is 11.3 Å². The molecule has 3 N–H and O–H groups in total. The number of fused-ring (bicyclic) bond motifs is 1. The first kappa shape index (κ1) is 18.3. The lowest BCUT2D eigenvalue weighted by Gasteiger charge is -2.26. The molecule has 0 amide bonds. The molecule has 146 valence electrons. The van der Waals surface area contributed by atoms with E-state index in [9.17, 15) is 18.0 Å². The maximum Gasteiger partial charge on any atom is 0.416 e. The van der Waals surface area contributed by atoms with Crippen molar-refractivity contribution in [3.05, 3.63) is 69.3 Å². The number of H-pyrrole nitrogens is 1. The third kappa shape index (κ3) is 3.65. The number of halogens is 3. The number of benzene rings is 1. The Morgan fingerprint density at radius 2 is 2.07 bits per heavy atom. The van der Waals surface area contributed by atoms with E-state index in [-0.39, 0.29) is 11.5 Å². The van der Waals surface area contributed by atoms with Gasteiger partial charge in [-0.3, -0.25) is 14.7 Å². The first-order chi connectivity index (χ1) is 13.3. The molecule has 0 radical (unpaired) electrons. The number of alkyl halides is 3. The summed E-state index contributed by atoms with van der Waals surface area (Å²) in [7, 11) is 0. The minimum absolute atomic E-state index is 0.106. The second kappa shape index (κ2) is 6.83. The molecular weight excluding hydrogens is 373 g/mol. The van der Waals surface area contributed by atoms with Crippen LogP contribution in [-0.2, 0) is 25.7 Å². The maximum atomic E-state index is 12.9. The first-order valence-electron chi connectivity index (χ1n) is 8.66. The van der Waals surface area contributed by atoms with Gasteiger partial charge in [0, 0.05) is 25.1 Å². The van der Waals surface area contributed by atoms with Crippen LogP contribution in [0.5, 0.6) is 0 Å². The summed E-state index contributed by atoms with van der Waals surface area (Å²) in [6, 6.07) is 8.40. The van der Waals surface area contributed by atoms with Gasteiger partial charge in [-0.1, -0.05) is 12.1 Å². The Kier molecular flexibility index (Phi) is 4.46. The number of nitrogens with two attached hydrogens (primary N) is 1. The average molecular weight is 390 g/mol. The molecule has 0 saturated carbocycles. The van der Waals surface area contributed by atoms with Crippen LogP contribution in [0.2, 0.25) is 0 Å². The number of furan rings is 1. The van der Waals surface area contributed by atoms with E-state index in [2.05, 4.69) is 9.97 Å². The highest BCUT2D eigenvalue weighted by Crippen LogP contribution is 2.33. The van der Waals surface area contributed by atoms with Gasteiger partial charge in [0.1, 0.15) is 11.5 Å². The summed E-state index contributed by atoms with van der Waals surface area (Å²) in [5.74, 6) is 1.08. The van der Waals surface area contributed by atoms with Crippen LogP contribution in [0.4, 0.5) is 19.1 Å². The van der Waals surface area contributed by atoms with Crippen molar-refractivity contribution in [3.8, 4) is 11.3 Å². The minimum Gasteiger partial charge on any atom is -0.460 e. The van der Waals surface area contributed by atoms with Crippen molar-refractivity contribution in [1.82, 2.24) is 14.9 Å². The Morgan fingerprint density at radius 3 is 2.86 bits per heavy atom. The summed E-state index contributed by atoms with van der Waals surface area (Å²) in [6.45, 7) is 1.50. The molecule has 0 bridgehead atoms. The van der Waals surface area contributed by atoms with Crippen molar-refractivity contribution in [2.24, 2.45) is 0 Å². The van der Waals surface area contributed by atoms with Gasteiger partial charge in [-0.05, 0) is 24.3 Å². The van der Waals surface area contributed by atoms with Crippen molar-refractivity contribution < 1.29 is 17.6 Å². The van der Waals surface area contributed by atoms with Gasteiger partial charge in [-0.2, -0.15) is 13.2 Å². The van der Waals surface area contributed by atoms with E-state index in [0.29, 0.717) is 54.4 Å². The minimum atomic E-state index is -4.41. The van der Waals surface area contributed by atoms with Crippen molar-refractivity contribution in [1.29, 1.82) is 0 Å². The van der Waals surface area contributed by atoms with Gasteiger partial charge >= 0.3 is 6.18 Å². The second-order valence-electron chi connectivity index (χ2n) is 6.68. The Labute approximate surface area is 157 Å².